The van der Waals surface area contributed by atoms with E-state index in [2.05, 4.69) is 15.3 Å². The molecule has 1 unspecified atom stereocenters. The Labute approximate surface area is 111 Å². The van der Waals surface area contributed by atoms with Crippen molar-refractivity contribution in [3.8, 4) is 0 Å². The van der Waals surface area contributed by atoms with Crippen molar-refractivity contribution in [3.63, 3.8) is 0 Å². The van der Waals surface area contributed by atoms with Crippen LogP contribution in [0.15, 0.2) is 27.4 Å². The molecule has 0 aromatic carbocycles. The third kappa shape index (κ3) is 2.70. The van der Waals surface area contributed by atoms with E-state index in [9.17, 15) is 4.79 Å². The quantitative estimate of drug-likeness (QED) is 0.885. The minimum atomic E-state index is -0.109. The summed E-state index contributed by atoms with van der Waals surface area (Å²) in [7, 11) is 0. The molecule has 5 nitrogen and oxygen atoms in total. The molecule has 0 amide bonds. The molecule has 1 saturated carbocycles. The van der Waals surface area contributed by atoms with Crippen LogP contribution in [-0.4, -0.2) is 9.97 Å². The lowest BCUT2D eigenvalue weighted by Crippen LogP contribution is -2.15. The zero-order chi connectivity index (χ0) is 13.4. The summed E-state index contributed by atoms with van der Waals surface area (Å²) in [6.07, 6.45) is 2.22. The van der Waals surface area contributed by atoms with Gasteiger partial charge in [-0.05, 0) is 38.8 Å². The average molecular weight is 259 g/mol. The first-order valence-corrected chi connectivity index (χ1v) is 6.56. The van der Waals surface area contributed by atoms with E-state index >= 15 is 0 Å². The molecule has 2 aromatic heterocycles. The van der Waals surface area contributed by atoms with Gasteiger partial charge in [0.15, 0.2) is 0 Å². The minimum Gasteiger partial charge on any atom is -0.464 e. The summed E-state index contributed by atoms with van der Waals surface area (Å²) in [6.45, 7) is 3.89. The number of furan rings is 1. The topological polar surface area (TPSA) is 70.9 Å². The van der Waals surface area contributed by atoms with Gasteiger partial charge in [0.2, 0.25) is 0 Å². The molecule has 100 valence electrons. The number of aromatic nitrogens is 2. The molecule has 1 aliphatic carbocycles. The lowest BCUT2D eigenvalue weighted by molar-refractivity contribution is 0.466. The number of nitrogens with one attached hydrogen (secondary N) is 2. The van der Waals surface area contributed by atoms with Crippen LogP contribution in [0.4, 0.5) is 5.82 Å². The highest BCUT2D eigenvalue weighted by molar-refractivity contribution is 5.36. The van der Waals surface area contributed by atoms with Gasteiger partial charge in [0, 0.05) is 12.0 Å². The molecule has 1 aliphatic rings. The molecular formula is C14H17N3O2. The standard InChI is InChI=1S/C14H17N3O2/c1-8-3-6-11(19-8)9(2)15-12-7-13(18)17-14(16-12)10-4-5-10/h3,6-7,9-10H,4-5H2,1-2H3,(H2,15,16,17,18). The Hall–Kier alpha value is -2.04. The lowest BCUT2D eigenvalue weighted by atomic mass is 10.2. The molecule has 2 heterocycles. The fraction of sp³-hybridized carbons (Fsp3) is 0.429. The number of H-pyrrole nitrogens is 1. The van der Waals surface area contributed by atoms with E-state index in [1.807, 2.05) is 26.0 Å². The smallest absolute Gasteiger partial charge is 0.252 e. The van der Waals surface area contributed by atoms with Gasteiger partial charge in [-0.3, -0.25) is 4.79 Å². The molecule has 19 heavy (non-hydrogen) atoms. The molecule has 3 rings (SSSR count). The van der Waals surface area contributed by atoms with E-state index in [0.29, 0.717) is 11.7 Å². The van der Waals surface area contributed by atoms with Gasteiger partial charge in [-0.1, -0.05) is 0 Å². The van der Waals surface area contributed by atoms with Gasteiger partial charge >= 0.3 is 0 Å². The van der Waals surface area contributed by atoms with Gasteiger partial charge in [0.1, 0.15) is 23.2 Å². The number of aryl methyl sites for hydroxylation is 1. The van der Waals surface area contributed by atoms with Crippen molar-refractivity contribution < 1.29 is 4.42 Å². The summed E-state index contributed by atoms with van der Waals surface area (Å²) in [5.74, 6) is 3.54. The van der Waals surface area contributed by atoms with E-state index in [1.165, 1.54) is 6.07 Å². The van der Waals surface area contributed by atoms with E-state index in [4.69, 9.17) is 4.42 Å². The second-order valence-corrected chi connectivity index (χ2v) is 5.10. The maximum absolute atomic E-state index is 11.6. The molecule has 2 N–H and O–H groups in total. The number of anilines is 1. The van der Waals surface area contributed by atoms with Gasteiger partial charge in [-0.2, -0.15) is 0 Å². The number of hydrogen-bond donors (Lipinski definition) is 2. The molecule has 1 atom stereocenters. The van der Waals surface area contributed by atoms with E-state index in [1.54, 1.807) is 0 Å². The van der Waals surface area contributed by atoms with Crippen LogP contribution in [0, 0.1) is 6.92 Å². The Kier molecular flexibility index (Phi) is 2.89. The Balaban J connectivity index is 1.80. The van der Waals surface area contributed by atoms with Crippen LogP contribution >= 0.6 is 0 Å². The lowest BCUT2D eigenvalue weighted by Gasteiger charge is -2.12. The maximum Gasteiger partial charge on any atom is 0.252 e. The first-order valence-electron chi connectivity index (χ1n) is 6.56. The van der Waals surface area contributed by atoms with Crippen molar-refractivity contribution in [2.45, 2.75) is 38.6 Å². The fourth-order valence-electron chi connectivity index (χ4n) is 2.08. The molecule has 1 fully saturated rings. The van der Waals surface area contributed by atoms with Crippen LogP contribution in [0.5, 0.6) is 0 Å². The SMILES string of the molecule is Cc1ccc(C(C)Nc2cc(=O)[nH]c(C3CC3)n2)o1. The number of rotatable bonds is 4. The zero-order valence-corrected chi connectivity index (χ0v) is 11.1. The van der Waals surface area contributed by atoms with Crippen LogP contribution in [-0.2, 0) is 0 Å². The molecule has 0 aliphatic heterocycles. The van der Waals surface area contributed by atoms with Crippen molar-refractivity contribution >= 4 is 5.82 Å². The third-order valence-electron chi connectivity index (χ3n) is 3.28. The molecule has 2 aromatic rings. The number of hydrogen-bond acceptors (Lipinski definition) is 4. The van der Waals surface area contributed by atoms with Crippen LogP contribution in [0.2, 0.25) is 0 Å². The zero-order valence-electron chi connectivity index (χ0n) is 11.1. The summed E-state index contributed by atoms with van der Waals surface area (Å²) in [6, 6.07) is 5.32. The average Bonchev–Trinajstić information content (AvgIpc) is 3.11. The van der Waals surface area contributed by atoms with Gasteiger partial charge in [0.25, 0.3) is 5.56 Å². The van der Waals surface area contributed by atoms with E-state index < -0.39 is 0 Å². The first kappa shape index (κ1) is 12.0. The Bertz CT molecular complexity index is 640. The third-order valence-corrected chi connectivity index (χ3v) is 3.28. The Morgan fingerprint density at radius 1 is 1.47 bits per heavy atom. The largest absolute Gasteiger partial charge is 0.464 e. The van der Waals surface area contributed by atoms with Crippen LogP contribution in [0.1, 0.15) is 49.1 Å². The second-order valence-electron chi connectivity index (χ2n) is 5.10. The number of aromatic amines is 1. The molecular weight excluding hydrogens is 242 g/mol. The highest BCUT2D eigenvalue weighted by Gasteiger charge is 2.26. The van der Waals surface area contributed by atoms with E-state index in [0.717, 1.165) is 30.2 Å². The summed E-state index contributed by atoms with van der Waals surface area (Å²) < 4.78 is 5.56. The Morgan fingerprint density at radius 2 is 2.26 bits per heavy atom. The van der Waals surface area contributed by atoms with Crippen LogP contribution in [0.25, 0.3) is 0 Å². The first-order chi connectivity index (χ1) is 9.11. The summed E-state index contributed by atoms with van der Waals surface area (Å²) >= 11 is 0. The van der Waals surface area contributed by atoms with Crippen molar-refractivity contribution in [1.29, 1.82) is 0 Å². The summed E-state index contributed by atoms with van der Waals surface area (Å²) in [4.78, 5) is 18.9. The van der Waals surface area contributed by atoms with Gasteiger partial charge in [-0.15, -0.1) is 0 Å². The highest BCUT2D eigenvalue weighted by atomic mass is 16.3. The highest BCUT2D eigenvalue weighted by Crippen LogP contribution is 2.37. The van der Waals surface area contributed by atoms with Gasteiger partial charge in [-0.25, -0.2) is 4.98 Å². The van der Waals surface area contributed by atoms with Gasteiger partial charge < -0.3 is 14.7 Å². The normalized spacial score (nSPS) is 16.3. The molecule has 0 spiro atoms. The van der Waals surface area contributed by atoms with Crippen molar-refractivity contribution in [2.24, 2.45) is 0 Å². The second kappa shape index (κ2) is 4.57. The van der Waals surface area contributed by atoms with Crippen LogP contribution in [0.3, 0.4) is 0 Å². The summed E-state index contributed by atoms with van der Waals surface area (Å²) in [5, 5.41) is 3.21. The van der Waals surface area contributed by atoms with Crippen LogP contribution < -0.4 is 10.9 Å². The van der Waals surface area contributed by atoms with Crippen molar-refractivity contribution in [3.05, 3.63) is 45.9 Å². The number of nitrogens with zero attached hydrogens (tertiary/aromatic N) is 1. The minimum absolute atomic E-state index is 0.0185. The molecule has 0 bridgehead atoms. The molecule has 5 heteroatoms. The fourth-order valence-corrected chi connectivity index (χ4v) is 2.08. The maximum atomic E-state index is 11.6. The Morgan fingerprint density at radius 3 is 2.89 bits per heavy atom. The van der Waals surface area contributed by atoms with Crippen molar-refractivity contribution in [1.82, 2.24) is 9.97 Å². The van der Waals surface area contributed by atoms with Crippen molar-refractivity contribution in [2.75, 3.05) is 5.32 Å². The monoisotopic (exact) mass is 259 g/mol. The van der Waals surface area contributed by atoms with Gasteiger partial charge in [0.05, 0.1) is 6.04 Å². The predicted octanol–water partition coefficient (Wildman–Crippen LogP) is 2.72. The summed E-state index contributed by atoms with van der Waals surface area (Å²) in [5.41, 5.74) is -0.109. The van der Waals surface area contributed by atoms with E-state index in [-0.39, 0.29) is 11.6 Å². The molecule has 0 radical (unpaired) electrons. The molecule has 0 saturated heterocycles. The predicted molar refractivity (Wildman–Crippen MR) is 72.3 cm³/mol.